The fourth-order valence-electron chi connectivity index (χ4n) is 3.13. The first-order valence-electron chi connectivity index (χ1n) is 8.48. The van der Waals surface area contributed by atoms with E-state index < -0.39 is 0 Å². The smallest absolute Gasteiger partial charge is 0.187 e. The van der Waals surface area contributed by atoms with Crippen molar-refractivity contribution < 1.29 is 10.2 Å². The molecule has 2 heterocycles. The second kappa shape index (κ2) is 8.39. The number of phenolic OH excluding ortho intramolecular Hbond substituents is 2. The molecule has 0 atom stereocenters. The lowest BCUT2D eigenvalue weighted by Gasteiger charge is -2.04. The summed E-state index contributed by atoms with van der Waals surface area (Å²) in [5.74, 6) is 0.508. The van der Waals surface area contributed by atoms with E-state index in [9.17, 15) is 10.2 Å². The molecule has 0 saturated heterocycles. The molecule has 2 N–H and O–H groups in total. The van der Waals surface area contributed by atoms with Crippen molar-refractivity contribution in [3.8, 4) is 11.5 Å². The van der Waals surface area contributed by atoms with Crippen LogP contribution in [0.5, 0.6) is 11.5 Å². The molecule has 0 bridgehead atoms. The number of rotatable bonds is 0. The molecule has 0 unspecified atom stereocenters. The van der Waals surface area contributed by atoms with Crippen molar-refractivity contribution in [1.29, 1.82) is 0 Å². The topological polar surface area (TPSA) is 66.2 Å². The summed E-state index contributed by atoms with van der Waals surface area (Å²) in [4.78, 5) is 8.57. The molecule has 0 aliphatic rings. The molecule has 0 saturated carbocycles. The molecule has 138 valence electrons. The number of para-hydroxylation sites is 2. The Morgan fingerprint density at radius 2 is 1.00 bits per heavy atom. The molecule has 2 aromatic heterocycles. The fourth-order valence-corrected chi connectivity index (χ4v) is 3.13. The van der Waals surface area contributed by atoms with E-state index in [1.54, 1.807) is 12.1 Å². The van der Waals surface area contributed by atoms with Crippen LogP contribution in [0.1, 0.15) is 22.5 Å². The van der Waals surface area contributed by atoms with Crippen molar-refractivity contribution in [2.45, 2.75) is 27.7 Å². The third-order valence-electron chi connectivity index (χ3n) is 4.31. The van der Waals surface area contributed by atoms with Crippen LogP contribution in [0.4, 0.5) is 0 Å². The van der Waals surface area contributed by atoms with Gasteiger partial charge in [-0.05, 0) is 63.1 Å². The van der Waals surface area contributed by atoms with Crippen molar-refractivity contribution in [2.24, 2.45) is 0 Å². The van der Waals surface area contributed by atoms with Gasteiger partial charge in [-0.3, -0.25) is 0 Å². The summed E-state index contributed by atoms with van der Waals surface area (Å²) in [5, 5.41) is 21.2. The van der Waals surface area contributed by atoms with Crippen LogP contribution in [-0.2, 0) is 0 Å². The standard InChI is InChI=1S/2C11H11NO.Al.3H/c2*1-7-6-8(2)12-11-9(7)4-3-5-10(11)13;;;;/h2*3-6,13H,1-2H3;;;;. The van der Waals surface area contributed by atoms with Gasteiger partial charge in [0, 0.05) is 22.2 Å². The number of benzene rings is 2. The first kappa shape index (κ1) is 20.7. The monoisotopic (exact) mass is 376 g/mol. The van der Waals surface area contributed by atoms with Gasteiger partial charge in [-0.1, -0.05) is 24.3 Å². The van der Waals surface area contributed by atoms with Crippen LogP contribution in [-0.4, -0.2) is 37.5 Å². The second-order valence-corrected chi connectivity index (χ2v) is 6.51. The van der Waals surface area contributed by atoms with Gasteiger partial charge in [0.25, 0.3) is 0 Å². The van der Waals surface area contributed by atoms with Crippen molar-refractivity contribution in [3.63, 3.8) is 0 Å². The van der Waals surface area contributed by atoms with Gasteiger partial charge in [0.05, 0.1) is 0 Å². The molecule has 0 amide bonds. The summed E-state index contributed by atoms with van der Waals surface area (Å²) in [7, 11) is 0. The minimum atomic E-state index is 0. The summed E-state index contributed by atoms with van der Waals surface area (Å²) in [6, 6.07) is 15.0. The number of phenols is 2. The summed E-state index contributed by atoms with van der Waals surface area (Å²) >= 11 is 0. The maximum atomic E-state index is 9.56. The zero-order valence-corrected chi connectivity index (χ0v) is 15.4. The molecule has 4 nitrogen and oxygen atoms in total. The van der Waals surface area contributed by atoms with E-state index >= 15 is 0 Å². The Morgan fingerprint density at radius 1 is 0.630 bits per heavy atom. The molecule has 27 heavy (non-hydrogen) atoms. The van der Waals surface area contributed by atoms with Crippen molar-refractivity contribution in [1.82, 2.24) is 9.97 Å². The molecule has 0 aliphatic carbocycles. The SMILES string of the molecule is Cc1cc(C)c2cccc(O)c2n1.Cc1cc(C)c2cccc(O)c2n1.[AlH3]. The van der Waals surface area contributed by atoms with Gasteiger partial charge in [0.15, 0.2) is 17.4 Å². The van der Waals surface area contributed by atoms with E-state index in [-0.39, 0.29) is 28.9 Å². The number of hydrogen-bond donors (Lipinski definition) is 2. The van der Waals surface area contributed by atoms with Crippen LogP contribution < -0.4 is 0 Å². The van der Waals surface area contributed by atoms with Crippen molar-refractivity contribution in [2.75, 3.05) is 0 Å². The molecule has 0 spiro atoms. The molecule has 0 aliphatic heterocycles. The van der Waals surface area contributed by atoms with Crippen LogP contribution in [0.2, 0.25) is 0 Å². The van der Waals surface area contributed by atoms with Crippen LogP contribution in [0.25, 0.3) is 21.8 Å². The maximum absolute atomic E-state index is 9.56. The average Bonchev–Trinajstić information content (AvgIpc) is 2.57. The summed E-state index contributed by atoms with van der Waals surface area (Å²) in [5.41, 5.74) is 5.56. The molecule has 0 fully saturated rings. The van der Waals surface area contributed by atoms with Crippen LogP contribution in [0.3, 0.4) is 0 Å². The van der Waals surface area contributed by atoms with E-state index in [1.165, 1.54) is 0 Å². The molecule has 4 rings (SSSR count). The number of hydrogen-bond acceptors (Lipinski definition) is 4. The summed E-state index contributed by atoms with van der Waals surface area (Å²) in [6.07, 6.45) is 0. The third-order valence-corrected chi connectivity index (χ3v) is 4.31. The highest BCUT2D eigenvalue weighted by molar-refractivity contribution is 5.87. The van der Waals surface area contributed by atoms with Crippen molar-refractivity contribution >= 4 is 39.2 Å². The van der Waals surface area contributed by atoms with Gasteiger partial charge < -0.3 is 10.2 Å². The first-order valence-corrected chi connectivity index (χ1v) is 8.48. The Kier molecular flexibility index (Phi) is 6.43. The van der Waals surface area contributed by atoms with Crippen LogP contribution >= 0.6 is 0 Å². The minimum Gasteiger partial charge on any atom is -0.506 e. The minimum absolute atomic E-state index is 0. The molecule has 0 radical (unpaired) electrons. The van der Waals surface area contributed by atoms with Gasteiger partial charge in [-0.15, -0.1) is 0 Å². The Morgan fingerprint density at radius 3 is 1.37 bits per heavy atom. The van der Waals surface area contributed by atoms with Gasteiger partial charge in [-0.25, -0.2) is 9.97 Å². The fraction of sp³-hybridized carbons (Fsp3) is 0.182. The van der Waals surface area contributed by atoms with E-state index in [2.05, 4.69) is 9.97 Å². The number of aromatic nitrogens is 2. The lowest BCUT2D eigenvalue weighted by Crippen LogP contribution is -1.87. The van der Waals surface area contributed by atoms with E-state index in [0.717, 1.165) is 33.3 Å². The average molecular weight is 376 g/mol. The Bertz CT molecular complexity index is 1020. The first-order chi connectivity index (χ1) is 12.4. The highest BCUT2D eigenvalue weighted by atomic mass is 27.0. The zero-order chi connectivity index (χ0) is 18.8. The summed E-state index contributed by atoms with van der Waals surface area (Å²) in [6.45, 7) is 7.91. The van der Waals surface area contributed by atoms with Gasteiger partial charge in [0.1, 0.15) is 22.5 Å². The van der Waals surface area contributed by atoms with E-state index in [0.29, 0.717) is 11.0 Å². The normalized spacial score (nSPS) is 10.2. The largest absolute Gasteiger partial charge is 0.506 e. The molecular weight excluding hydrogens is 351 g/mol. The maximum Gasteiger partial charge on any atom is 0.187 e. The highest BCUT2D eigenvalue weighted by Gasteiger charge is 2.04. The molecule has 4 aromatic rings. The van der Waals surface area contributed by atoms with E-state index in [1.807, 2.05) is 64.1 Å². The molecule has 2 aromatic carbocycles. The molecule has 5 heteroatoms. The van der Waals surface area contributed by atoms with Gasteiger partial charge in [0.2, 0.25) is 0 Å². The van der Waals surface area contributed by atoms with E-state index in [4.69, 9.17) is 0 Å². The number of fused-ring (bicyclic) bond motifs is 2. The molecular formula is C22H25AlN2O2. The third kappa shape index (κ3) is 4.39. The highest BCUT2D eigenvalue weighted by Crippen LogP contribution is 2.26. The Hall–Kier alpha value is -2.61. The van der Waals surface area contributed by atoms with Crippen molar-refractivity contribution in [3.05, 3.63) is 71.0 Å². The summed E-state index contributed by atoms with van der Waals surface area (Å²) < 4.78 is 0. The van der Waals surface area contributed by atoms with Gasteiger partial charge in [-0.2, -0.15) is 0 Å². The number of nitrogens with zero attached hydrogens (tertiary/aromatic N) is 2. The quantitative estimate of drug-likeness (QED) is 0.457. The predicted molar refractivity (Wildman–Crippen MR) is 116 cm³/mol. The number of pyridine rings is 2. The Labute approximate surface area is 169 Å². The Balaban J connectivity index is 0.000000187. The number of aromatic hydroxyl groups is 2. The zero-order valence-electron chi connectivity index (χ0n) is 15.4. The van der Waals surface area contributed by atoms with Crippen LogP contribution in [0, 0.1) is 27.7 Å². The second-order valence-electron chi connectivity index (χ2n) is 6.51. The lowest BCUT2D eigenvalue weighted by atomic mass is 10.1. The number of aryl methyl sites for hydroxylation is 4. The van der Waals surface area contributed by atoms with Crippen LogP contribution in [0.15, 0.2) is 48.5 Å². The van der Waals surface area contributed by atoms with Gasteiger partial charge >= 0.3 is 0 Å². The lowest BCUT2D eigenvalue weighted by molar-refractivity contribution is 0.479. The predicted octanol–water partition coefficient (Wildman–Crippen LogP) is 3.93.